The summed E-state index contributed by atoms with van der Waals surface area (Å²) < 4.78 is 42.4. The summed E-state index contributed by atoms with van der Waals surface area (Å²) in [5.41, 5.74) is 0. The Morgan fingerprint density at radius 1 is 1.21 bits per heavy atom. The molecule has 0 amide bonds. The summed E-state index contributed by atoms with van der Waals surface area (Å²) in [6.45, 7) is 1.62. The van der Waals surface area contributed by atoms with E-state index in [2.05, 4.69) is 22.6 Å². The number of rotatable bonds is 9. The molecule has 0 spiro atoms. The zero-order chi connectivity index (χ0) is 12.7. The molecular formula is C8H18IO4P. The molecule has 0 fully saturated rings. The molecule has 6 heteroatoms. The molecule has 0 saturated heterocycles. The first-order valence-corrected chi connectivity index (χ1v) is 7.53. The molecule has 86 valence electrons. The van der Waals surface area contributed by atoms with Gasteiger partial charge in [0.05, 0.1) is 22.5 Å². The third-order valence-corrected chi connectivity index (χ3v) is 3.43. The minimum absolute atomic E-state index is 0.152. The van der Waals surface area contributed by atoms with Crippen LogP contribution in [0.1, 0.15) is 29.4 Å². The molecule has 0 unspecified atom stereocenters. The van der Waals surface area contributed by atoms with E-state index in [1.54, 1.807) is 13.8 Å². The van der Waals surface area contributed by atoms with Gasteiger partial charge in [0.15, 0.2) is 0 Å². The highest BCUT2D eigenvalue weighted by Gasteiger charge is 2.24. The Kier molecular flexibility index (Phi) is 7.36. The van der Waals surface area contributed by atoms with Gasteiger partial charge in [0.25, 0.3) is 0 Å². The first-order valence-electron chi connectivity index (χ1n) is 5.55. The molecular weight excluding hydrogens is 318 g/mol. The van der Waals surface area contributed by atoms with Gasteiger partial charge in [-0.1, -0.05) is 22.6 Å². The predicted molar refractivity (Wildman–Crippen MR) is 64.9 cm³/mol. The summed E-state index contributed by atoms with van der Waals surface area (Å²) >= 11 is 2.14. The summed E-state index contributed by atoms with van der Waals surface area (Å²) in [5.74, 6) is 0. The quantitative estimate of drug-likeness (QED) is 0.367. The number of halogens is 1. The largest absolute Gasteiger partial charge is 0.474 e. The van der Waals surface area contributed by atoms with Gasteiger partial charge in [-0.2, -0.15) is 0 Å². The summed E-state index contributed by atoms with van der Waals surface area (Å²) in [7, 11) is -3.76. The Morgan fingerprint density at radius 3 is 2.21 bits per heavy atom. The van der Waals surface area contributed by atoms with E-state index in [0.29, 0.717) is 6.42 Å². The number of phosphoric ester groups is 1. The van der Waals surface area contributed by atoms with Crippen molar-refractivity contribution in [3.8, 4) is 0 Å². The van der Waals surface area contributed by atoms with Gasteiger partial charge in [-0.3, -0.25) is 13.6 Å². The van der Waals surface area contributed by atoms with E-state index in [9.17, 15) is 4.57 Å². The van der Waals surface area contributed by atoms with Crippen molar-refractivity contribution in [2.24, 2.45) is 0 Å². The molecule has 0 aliphatic carbocycles. The van der Waals surface area contributed by atoms with Crippen LogP contribution in [0.4, 0.5) is 0 Å². The number of hydrogen-bond acceptors (Lipinski definition) is 4. The van der Waals surface area contributed by atoms with Gasteiger partial charge < -0.3 is 0 Å². The summed E-state index contributed by atoms with van der Waals surface area (Å²) in [6.07, 6.45) is 0.811. The molecule has 0 aliphatic rings. The number of phosphoric acid groups is 1. The smallest absolute Gasteiger partial charge is 0.287 e. The van der Waals surface area contributed by atoms with Crippen LogP contribution in [0.15, 0.2) is 0 Å². The number of hydrogen-bond donors (Lipinski definition) is 0. The Balaban J connectivity index is 4.42. The Bertz CT molecular complexity index is 230. The van der Waals surface area contributed by atoms with Crippen molar-refractivity contribution in [3.05, 3.63) is 0 Å². The second kappa shape index (κ2) is 9.09. The summed E-state index contributed by atoms with van der Waals surface area (Å²) in [4.78, 5) is 0. The average molecular weight is 338 g/mol. The zero-order valence-corrected chi connectivity index (χ0v) is 11.5. The van der Waals surface area contributed by atoms with E-state index in [1.165, 1.54) is 0 Å². The molecule has 0 aromatic carbocycles. The maximum Gasteiger partial charge on any atom is 0.474 e. The van der Waals surface area contributed by atoms with Crippen LogP contribution in [-0.2, 0) is 18.1 Å². The minimum atomic E-state index is -3.76. The molecule has 0 aromatic rings. The van der Waals surface area contributed by atoms with Crippen LogP contribution in [0.25, 0.3) is 0 Å². The van der Waals surface area contributed by atoms with Crippen molar-refractivity contribution in [3.63, 3.8) is 0 Å². The molecule has 0 aliphatic heterocycles. The second-order valence-electron chi connectivity index (χ2n) is 2.31. The highest BCUT2D eigenvalue weighted by Crippen LogP contribution is 2.49. The average Bonchev–Trinajstić information content (AvgIpc) is 2.14. The van der Waals surface area contributed by atoms with Gasteiger partial charge in [-0.05, 0) is 31.1 Å². The van der Waals surface area contributed by atoms with E-state index >= 15 is 0 Å². The molecule has 0 aromatic heterocycles. The van der Waals surface area contributed by atoms with Crippen molar-refractivity contribution in [2.45, 2.75) is 26.7 Å². The first kappa shape index (κ1) is 11.3. The highest BCUT2D eigenvalue weighted by molar-refractivity contribution is 14.1. The third-order valence-electron chi connectivity index (χ3n) is 1.16. The van der Waals surface area contributed by atoms with Crippen LogP contribution in [0.5, 0.6) is 0 Å². The fourth-order valence-electron chi connectivity index (χ4n) is 0.670. The van der Waals surface area contributed by atoms with Crippen LogP contribution in [-0.4, -0.2) is 24.2 Å². The highest BCUT2D eigenvalue weighted by atomic mass is 127. The molecule has 4 nitrogen and oxygen atoms in total. The van der Waals surface area contributed by atoms with Crippen LogP contribution >= 0.6 is 30.4 Å². The standard InChI is InChI=1S/C8H18IO4P/c1-3-11-14(10,12-4-2)13-8-6-5-7-9/h3-8H2,1-2H3/i8D2. The monoisotopic (exact) mass is 338 g/mol. The van der Waals surface area contributed by atoms with Gasteiger partial charge in [0.2, 0.25) is 0 Å². The van der Waals surface area contributed by atoms with E-state index in [0.717, 1.165) is 4.43 Å². The molecule has 0 saturated carbocycles. The van der Waals surface area contributed by atoms with Crippen LogP contribution in [0, 0.1) is 0 Å². The lowest BCUT2D eigenvalue weighted by atomic mass is 10.4. The third kappa shape index (κ3) is 7.17. The van der Waals surface area contributed by atoms with Crippen molar-refractivity contribution in [1.82, 2.24) is 0 Å². The van der Waals surface area contributed by atoms with Crippen molar-refractivity contribution < 1.29 is 20.9 Å². The van der Waals surface area contributed by atoms with Crippen LogP contribution in [0.3, 0.4) is 0 Å². The fourth-order valence-corrected chi connectivity index (χ4v) is 2.11. The lowest BCUT2D eigenvalue weighted by Gasteiger charge is -2.15. The lowest BCUT2D eigenvalue weighted by Crippen LogP contribution is -2.01. The predicted octanol–water partition coefficient (Wildman–Crippen LogP) is 3.40. The van der Waals surface area contributed by atoms with E-state index in [-0.39, 0.29) is 19.6 Å². The minimum Gasteiger partial charge on any atom is -0.287 e. The fraction of sp³-hybridized carbons (Fsp3) is 1.00. The molecule has 0 atom stereocenters. The van der Waals surface area contributed by atoms with E-state index in [1.807, 2.05) is 0 Å². The maximum atomic E-state index is 11.9. The Hall–Kier alpha value is 0.840. The second-order valence-corrected chi connectivity index (χ2v) is 4.98. The van der Waals surface area contributed by atoms with Crippen molar-refractivity contribution in [1.29, 1.82) is 0 Å². The normalized spacial score (nSPS) is 15.1. The van der Waals surface area contributed by atoms with Gasteiger partial charge in [-0.15, -0.1) is 0 Å². The van der Waals surface area contributed by atoms with Gasteiger partial charge in [0, 0.05) is 0 Å². The first-order chi connectivity index (χ1) is 7.39. The lowest BCUT2D eigenvalue weighted by molar-refractivity contribution is 0.120. The molecule has 0 rings (SSSR count). The molecule has 0 heterocycles. The summed E-state index contributed by atoms with van der Waals surface area (Å²) in [5, 5.41) is 0. The van der Waals surface area contributed by atoms with Gasteiger partial charge >= 0.3 is 7.82 Å². The van der Waals surface area contributed by atoms with E-state index in [4.69, 9.17) is 16.3 Å². The molecule has 0 bridgehead atoms. The maximum absolute atomic E-state index is 11.9. The van der Waals surface area contributed by atoms with Crippen molar-refractivity contribution >= 4 is 30.4 Å². The summed E-state index contributed by atoms with van der Waals surface area (Å²) in [6, 6.07) is 0. The van der Waals surface area contributed by atoms with Crippen molar-refractivity contribution in [2.75, 3.05) is 24.2 Å². The van der Waals surface area contributed by atoms with Gasteiger partial charge in [0.1, 0.15) is 0 Å². The van der Waals surface area contributed by atoms with Crippen LogP contribution < -0.4 is 0 Å². The van der Waals surface area contributed by atoms with E-state index < -0.39 is 14.4 Å². The number of alkyl halides is 1. The molecule has 14 heavy (non-hydrogen) atoms. The SMILES string of the molecule is [2H]C([2H])(CCCI)OP(=O)(OCC)OCC. The van der Waals surface area contributed by atoms with Gasteiger partial charge in [-0.25, -0.2) is 4.57 Å². The zero-order valence-electron chi connectivity index (χ0n) is 10.5. The molecule has 0 radical (unpaired) electrons. The Labute approximate surface area is 102 Å². The Morgan fingerprint density at radius 2 is 1.79 bits per heavy atom. The molecule has 0 N–H and O–H groups in total. The topological polar surface area (TPSA) is 44.8 Å². The van der Waals surface area contributed by atoms with Crippen LogP contribution in [0.2, 0.25) is 0 Å².